The van der Waals surface area contributed by atoms with E-state index in [1.807, 2.05) is 6.07 Å². The van der Waals surface area contributed by atoms with Gasteiger partial charge in [-0.1, -0.05) is 0 Å². The predicted molar refractivity (Wildman–Crippen MR) is 63.6 cm³/mol. The lowest BCUT2D eigenvalue weighted by molar-refractivity contribution is -0.128. The molecular formula is C12H17N3O2. The Bertz CT molecular complexity index is 400. The summed E-state index contributed by atoms with van der Waals surface area (Å²) in [5.41, 5.74) is 0.612. The lowest BCUT2D eigenvalue weighted by Crippen LogP contribution is -2.36. The first-order chi connectivity index (χ1) is 8.18. The lowest BCUT2D eigenvalue weighted by Gasteiger charge is -2.20. The van der Waals surface area contributed by atoms with Gasteiger partial charge in [0.05, 0.1) is 0 Å². The maximum Gasteiger partial charge on any atom is 0.270 e. The van der Waals surface area contributed by atoms with Crippen LogP contribution in [0.15, 0.2) is 18.3 Å². The second-order valence-corrected chi connectivity index (χ2v) is 4.24. The van der Waals surface area contributed by atoms with Crippen molar-refractivity contribution in [3.8, 4) is 0 Å². The van der Waals surface area contributed by atoms with Gasteiger partial charge in [-0.3, -0.25) is 9.59 Å². The highest BCUT2D eigenvalue weighted by Gasteiger charge is 2.21. The third-order valence-corrected chi connectivity index (χ3v) is 3.06. The van der Waals surface area contributed by atoms with Gasteiger partial charge < -0.3 is 14.8 Å². The van der Waals surface area contributed by atoms with Crippen molar-refractivity contribution in [2.24, 2.45) is 0 Å². The Morgan fingerprint density at radius 2 is 1.88 bits per heavy atom. The van der Waals surface area contributed by atoms with Gasteiger partial charge in [0.25, 0.3) is 5.91 Å². The van der Waals surface area contributed by atoms with Gasteiger partial charge in [0.15, 0.2) is 0 Å². The fraction of sp³-hybridized carbons (Fsp3) is 0.500. The van der Waals surface area contributed by atoms with Crippen LogP contribution in [0.1, 0.15) is 23.8 Å². The number of carbonyl (C=O) groups is 2. The second-order valence-electron chi connectivity index (χ2n) is 4.24. The largest absolute Gasteiger partial charge is 0.357 e. The molecule has 1 aromatic rings. The first-order valence-corrected chi connectivity index (χ1v) is 5.86. The molecule has 0 atom stereocenters. The smallest absolute Gasteiger partial charge is 0.270 e. The van der Waals surface area contributed by atoms with Crippen LogP contribution in [0, 0.1) is 0 Å². The molecule has 0 radical (unpaired) electrons. The summed E-state index contributed by atoms with van der Waals surface area (Å²) in [6.07, 6.45) is 2.58. The number of nitrogens with one attached hydrogen (secondary N) is 1. The first-order valence-electron chi connectivity index (χ1n) is 5.86. The molecule has 1 fully saturated rings. The van der Waals surface area contributed by atoms with Gasteiger partial charge in [-0.25, -0.2) is 0 Å². The van der Waals surface area contributed by atoms with Crippen LogP contribution >= 0.6 is 0 Å². The Labute approximate surface area is 100 Å². The summed E-state index contributed by atoms with van der Waals surface area (Å²) in [7, 11) is 0. The van der Waals surface area contributed by atoms with Crippen molar-refractivity contribution in [2.75, 3.05) is 26.2 Å². The molecule has 17 heavy (non-hydrogen) atoms. The van der Waals surface area contributed by atoms with E-state index >= 15 is 0 Å². The molecule has 0 aromatic carbocycles. The third kappa shape index (κ3) is 2.67. The molecule has 1 saturated heterocycles. The van der Waals surface area contributed by atoms with Gasteiger partial charge in [-0.15, -0.1) is 0 Å². The van der Waals surface area contributed by atoms with Gasteiger partial charge in [-0.2, -0.15) is 0 Å². The highest BCUT2D eigenvalue weighted by molar-refractivity contribution is 5.92. The summed E-state index contributed by atoms with van der Waals surface area (Å²) >= 11 is 0. The number of amides is 2. The molecule has 1 aliphatic rings. The van der Waals surface area contributed by atoms with Gasteiger partial charge in [0.1, 0.15) is 5.69 Å². The summed E-state index contributed by atoms with van der Waals surface area (Å²) in [6.45, 7) is 4.26. The summed E-state index contributed by atoms with van der Waals surface area (Å²) in [5, 5.41) is 0. The van der Waals surface area contributed by atoms with E-state index < -0.39 is 0 Å². The molecule has 5 heteroatoms. The molecule has 0 spiro atoms. The van der Waals surface area contributed by atoms with Gasteiger partial charge in [0.2, 0.25) is 5.91 Å². The van der Waals surface area contributed by atoms with E-state index in [-0.39, 0.29) is 11.8 Å². The van der Waals surface area contributed by atoms with Crippen LogP contribution in [0.2, 0.25) is 0 Å². The maximum atomic E-state index is 12.1. The van der Waals surface area contributed by atoms with Crippen LogP contribution in [-0.2, 0) is 4.79 Å². The highest BCUT2D eigenvalue weighted by Crippen LogP contribution is 2.07. The average Bonchev–Trinajstić information content (AvgIpc) is 2.71. The molecule has 1 aromatic heterocycles. The number of H-pyrrole nitrogens is 1. The Kier molecular flexibility index (Phi) is 3.46. The number of rotatable bonds is 1. The van der Waals surface area contributed by atoms with E-state index in [1.165, 1.54) is 0 Å². The summed E-state index contributed by atoms with van der Waals surface area (Å²) in [4.78, 5) is 29.9. The van der Waals surface area contributed by atoms with Crippen molar-refractivity contribution in [3.05, 3.63) is 24.0 Å². The van der Waals surface area contributed by atoms with Crippen molar-refractivity contribution < 1.29 is 9.59 Å². The minimum atomic E-state index is 0.0143. The number of hydrogen-bond acceptors (Lipinski definition) is 2. The molecule has 5 nitrogen and oxygen atoms in total. The van der Waals surface area contributed by atoms with Crippen molar-refractivity contribution in [1.82, 2.24) is 14.8 Å². The minimum Gasteiger partial charge on any atom is -0.357 e. The Hall–Kier alpha value is -1.78. The van der Waals surface area contributed by atoms with Crippen LogP contribution in [0.3, 0.4) is 0 Å². The van der Waals surface area contributed by atoms with Gasteiger partial charge in [-0.05, 0) is 18.6 Å². The van der Waals surface area contributed by atoms with E-state index in [1.54, 1.807) is 29.0 Å². The first kappa shape index (κ1) is 11.7. The molecule has 0 bridgehead atoms. The summed E-state index contributed by atoms with van der Waals surface area (Å²) in [6, 6.07) is 3.59. The second kappa shape index (κ2) is 5.03. The van der Waals surface area contributed by atoms with Crippen LogP contribution in [0.5, 0.6) is 0 Å². The SMILES string of the molecule is CC(=O)N1CCCN(C(=O)c2ccc[nH]2)CC1. The van der Waals surface area contributed by atoms with Crippen LogP contribution < -0.4 is 0 Å². The molecular weight excluding hydrogens is 218 g/mol. The molecule has 2 rings (SSSR count). The van der Waals surface area contributed by atoms with Gasteiger partial charge in [0, 0.05) is 39.3 Å². The Morgan fingerprint density at radius 3 is 2.53 bits per heavy atom. The summed E-state index contributed by atoms with van der Waals surface area (Å²) in [5.74, 6) is 0.0968. The van der Waals surface area contributed by atoms with Crippen molar-refractivity contribution in [2.45, 2.75) is 13.3 Å². The average molecular weight is 235 g/mol. The standard InChI is InChI=1S/C12H17N3O2/c1-10(16)14-6-3-7-15(9-8-14)12(17)11-4-2-5-13-11/h2,4-5,13H,3,6-9H2,1H3. The van der Waals surface area contributed by atoms with Crippen LogP contribution in [0.4, 0.5) is 0 Å². The predicted octanol–water partition coefficient (Wildman–Crippen LogP) is 0.709. The Morgan fingerprint density at radius 1 is 1.18 bits per heavy atom. The molecule has 0 saturated carbocycles. The van der Waals surface area contributed by atoms with Gasteiger partial charge >= 0.3 is 0 Å². The number of aromatic nitrogens is 1. The van der Waals surface area contributed by atoms with Crippen molar-refractivity contribution in [1.29, 1.82) is 0 Å². The fourth-order valence-corrected chi connectivity index (χ4v) is 2.07. The number of hydrogen-bond donors (Lipinski definition) is 1. The molecule has 2 heterocycles. The normalized spacial score (nSPS) is 16.8. The zero-order chi connectivity index (χ0) is 12.3. The van der Waals surface area contributed by atoms with Crippen molar-refractivity contribution in [3.63, 3.8) is 0 Å². The molecule has 1 aliphatic heterocycles. The third-order valence-electron chi connectivity index (χ3n) is 3.06. The maximum absolute atomic E-state index is 12.1. The molecule has 0 aliphatic carbocycles. The fourth-order valence-electron chi connectivity index (χ4n) is 2.07. The number of carbonyl (C=O) groups excluding carboxylic acids is 2. The minimum absolute atomic E-state index is 0.0143. The topological polar surface area (TPSA) is 56.4 Å². The highest BCUT2D eigenvalue weighted by atomic mass is 16.2. The number of aromatic amines is 1. The zero-order valence-electron chi connectivity index (χ0n) is 9.98. The molecule has 1 N–H and O–H groups in total. The Balaban J connectivity index is 1.99. The molecule has 92 valence electrons. The van der Waals surface area contributed by atoms with E-state index in [9.17, 15) is 9.59 Å². The number of nitrogens with zero attached hydrogens (tertiary/aromatic N) is 2. The lowest BCUT2D eigenvalue weighted by atomic mass is 10.3. The molecule has 2 amide bonds. The van der Waals surface area contributed by atoms with E-state index in [4.69, 9.17) is 0 Å². The zero-order valence-corrected chi connectivity index (χ0v) is 9.98. The van der Waals surface area contributed by atoms with Crippen molar-refractivity contribution >= 4 is 11.8 Å². The monoisotopic (exact) mass is 235 g/mol. The van der Waals surface area contributed by atoms with E-state index in [0.29, 0.717) is 25.3 Å². The quantitative estimate of drug-likeness (QED) is 0.779. The van der Waals surface area contributed by atoms with E-state index in [2.05, 4.69) is 4.98 Å². The molecule has 0 unspecified atom stereocenters. The van der Waals surface area contributed by atoms with Crippen LogP contribution in [-0.4, -0.2) is 52.8 Å². The summed E-state index contributed by atoms with van der Waals surface area (Å²) < 4.78 is 0. The van der Waals surface area contributed by atoms with Crippen LogP contribution in [0.25, 0.3) is 0 Å². The van der Waals surface area contributed by atoms with E-state index in [0.717, 1.165) is 13.0 Å².